The van der Waals surface area contributed by atoms with Gasteiger partial charge in [0.15, 0.2) is 0 Å². The van der Waals surface area contributed by atoms with Crippen LogP contribution >= 0.6 is 15.9 Å². The third kappa shape index (κ3) is 3.81. The quantitative estimate of drug-likeness (QED) is 0.866. The molecule has 1 aromatic carbocycles. The maximum absolute atomic E-state index is 12.4. The van der Waals surface area contributed by atoms with Crippen molar-refractivity contribution in [2.75, 3.05) is 0 Å². The van der Waals surface area contributed by atoms with Crippen molar-refractivity contribution >= 4 is 26.0 Å². The van der Waals surface area contributed by atoms with Crippen LogP contribution in [0.5, 0.6) is 0 Å². The maximum Gasteiger partial charge on any atom is 0.241 e. The standard InChI is InChI=1S/C14H21BrN2O2S/c1-10-2-5-12(6-3-10)17-20(18,19)14-7-4-11(9-16)8-13(14)15/h4,7-8,10,12,17H,2-3,5-6,9,16H2,1H3. The summed E-state index contributed by atoms with van der Waals surface area (Å²) in [7, 11) is -3.47. The fourth-order valence-electron chi connectivity index (χ4n) is 2.55. The van der Waals surface area contributed by atoms with E-state index in [2.05, 4.69) is 27.6 Å². The zero-order chi connectivity index (χ0) is 14.8. The van der Waals surface area contributed by atoms with Gasteiger partial charge in [0.2, 0.25) is 10.0 Å². The minimum Gasteiger partial charge on any atom is -0.326 e. The molecule has 1 saturated carbocycles. The molecular weight excluding hydrogens is 340 g/mol. The molecule has 1 fully saturated rings. The molecule has 0 bridgehead atoms. The lowest BCUT2D eigenvalue weighted by atomic mass is 9.88. The van der Waals surface area contributed by atoms with Crippen molar-refractivity contribution < 1.29 is 8.42 Å². The molecule has 0 unspecified atom stereocenters. The van der Waals surface area contributed by atoms with Crippen LogP contribution in [0.3, 0.4) is 0 Å². The molecule has 20 heavy (non-hydrogen) atoms. The van der Waals surface area contributed by atoms with Gasteiger partial charge in [-0.2, -0.15) is 0 Å². The molecule has 0 radical (unpaired) electrons. The predicted molar refractivity (Wildman–Crippen MR) is 83.8 cm³/mol. The number of nitrogens with two attached hydrogens (primary N) is 1. The van der Waals surface area contributed by atoms with E-state index in [0.29, 0.717) is 16.9 Å². The lowest BCUT2D eigenvalue weighted by molar-refractivity contribution is 0.332. The Morgan fingerprint density at radius 2 is 1.95 bits per heavy atom. The molecule has 3 N–H and O–H groups in total. The molecular formula is C14H21BrN2O2S. The number of rotatable bonds is 4. The van der Waals surface area contributed by atoms with E-state index in [1.54, 1.807) is 18.2 Å². The second-order valence-electron chi connectivity index (χ2n) is 5.55. The van der Waals surface area contributed by atoms with E-state index >= 15 is 0 Å². The van der Waals surface area contributed by atoms with E-state index in [4.69, 9.17) is 5.73 Å². The molecule has 6 heteroatoms. The Balaban J connectivity index is 2.14. The normalized spacial score (nSPS) is 23.8. The average molecular weight is 361 g/mol. The first-order valence-electron chi connectivity index (χ1n) is 6.93. The van der Waals surface area contributed by atoms with Crippen molar-refractivity contribution in [2.24, 2.45) is 11.7 Å². The lowest BCUT2D eigenvalue weighted by Gasteiger charge is -2.26. The molecule has 1 aromatic rings. The Kier molecular flexibility index (Phi) is 5.23. The molecule has 4 nitrogen and oxygen atoms in total. The van der Waals surface area contributed by atoms with Crippen molar-refractivity contribution in [3.63, 3.8) is 0 Å². The Bertz CT molecular complexity index is 567. The van der Waals surface area contributed by atoms with Gasteiger partial charge in [-0.05, 0) is 65.2 Å². The van der Waals surface area contributed by atoms with Gasteiger partial charge in [-0.3, -0.25) is 0 Å². The SMILES string of the molecule is CC1CCC(NS(=O)(=O)c2ccc(CN)cc2Br)CC1. The molecule has 0 amide bonds. The van der Waals surface area contributed by atoms with Crippen LogP contribution in [0.2, 0.25) is 0 Å². The number of hydrogen-bond acceptors (Lipinski definition) is 3. The van der Waals surface area contributed by atoms with Crippen LogP contribution < -0.4 is 10.5 Å². The van der Waals surface area contributed by atoms with E-state index in [9.17, 15) is 8.42 Å². The van der Waals surface area contributed by atoms with Crippen LogP contribution in [-0.2, 0) is 16.6 Å². The van der Waals surface area contributed by atoms with Gasteiger partial charge in [0.1, 0.15) is 0 Å². The number of halogens is 1. The molecule has 0 aromatic heterocycles. The first kappa shape index (κ1) is 15.9. The van der Waals surface area contributed by atoms with Crippen molar-refractivity contribution in [1.29, 1.82) is 0 Å². The highest BCUT2D eigenvalue weighted by Crippen LogP contribution is 2.27. The smallest absolute Gasteiger partial charge is 0.241 e. The fourth-order valence-corrected chi connectivity index (χ4v) is 4.98. The van der Waals surface area contributed by atoms with Crippen molar-refractivity contribution in [2.45, 2.75) is 50.1 Å². The summed E-state index contributed by atoms with van der Waals surface area (Å²) < 4.78 is 28.2. The fraction of sp³-hybridized carbons (Fsp3) is 0.571. The molecule has 0 atom stereocenters. The Labute approximate surface area is 129 Å². The van der Waals surface area contributed by atoms with E-state index in [1.165, 1.54) is 0 Å². The number of benzene rings is 1. The number of sulfonamides is 1. The molecule has 0 aliphatic heterocycles. The predicted octanol–water partition coefficient (Wildman–Crippen LogP) is 2.76. The van der Waals surface area contributed by atoms with E-state index in [-0.39, 0.29) is 10.9 Å². The zero-order valence-corrected chi connectivity index (χ0v) is 14.0. The monoisotopic (exact) mass is 360 g/mol. The molecule has 112 valence electrons. The van der Waals surface area contributed by atoms with Crippen LogP contribution in [0.1, 0.15) is 38.2 Å². The molecule has 1 aliphatic rings. The van der Waals surface area contributed by atoms with Crippen LogP contribution in [-0.4, -0.2) is 14.5 Å². The first-order valence-corrected chi connectivity index (χ1v) is 9.21. The summed E-state index contributed by atoms with van der Waals surface area (Å²) in [6.07, 6.45) is 4.00. The van der Waals surface area contributed by atoms with Gasteiger partial charge < -0.3 is 5.73 Å². The van der Waals surface area contributed by atoms with Gasteiger partial charge in [0.25, 0.3) is 0 Å². The topological polar surface area (TPSA) is 72.2 Å². The van der Waals surface area contributed by atoms with Crippen LogP contribution in [0.4, 0.5) is 0 Å². The highest BCUT2D eigenvalue weighted by Gasteiger charge is 2.25. The Morgan fingerprint density at radius 1 is 1.30 bits per heavy atom. The summed E-state index contributed by atoms with van der Waals surface area (Å²) in [6, 6.07) is 5.18. The molecule has 0 heterocycles. The third-order valence-corrected chi connectivity index (χ3v) is 6.36. The van der Waals surface area contributed by atoms with Crippen molar-refractivity contribution in [1.82, 2.24) is 4.72 Å². The molecule has 0 spiro atoms. The number of nitrogens with one attached hydrogen (secondary N) is 1. The van der Waals surface area contributed by atoms with E-state index in [1.807, 2.05) is 0 Å². The summed E-state index contributed by atoms with van der Waals surface area (Å²) in [6.45, 7) is 2.61. The Hall–Kier alpha value is -0.430. The highest BCUT2D eigenvalue weighted by atomic mass is 79.9. The van der Waals surface area contributed by atoms with Crippen molar-refractivity contribution in [3.05, 3.63) is 28.2 Å². The molecule has 1 aliphatic carbocycles. The van der Waals surface area contributed by atoms with Crippen LogP contribution in [0, 0.1) is 5.92 Å². The highest BCUT2D eigenvalue weighted by molar-refractivity contribution is 9.10. The maximum atomic E-state index is 12.4. The third-order valence-electron chi connectivity index (χ3n) is 3.86. The Morgan fingerprint density at radius 3 is 2.50 bits per heavy atom. The zero-order valence-electron chi connectivity index (χ0n) is 11.6. The van der Waals surface area contributed by atoms with Gasteiger partial charge in [0.05, 0.1) is 4.90 Å². The van der Waals surface area contributed by atoms with Gasteiger partial charge in [0, 0.05) is 17.1 Å². The van der Waals surface area contributed by atoms with Gasteiger partial charge >= 0.3 is 0 Å². The summed E-state index contributed by atoms with van der Waals surface area (Å²) in [5, 5.41) is 0. The average Bonchev–Trinajstić information content (AvgIpc) is 2.40. The van der Waals surface area contributed by atoms with Gasteiger partial charge in [-0.15, -0.1) is 0 Å². The second-order valence-corrected chi connectivity index (χ2v) is 8.08. The minimum atomic E-state index is -3.47. The first-order chi connectivity index (χ1) is 9.42. The van der Waals surface area contributed by atoms with Gasteiger partial charge in [-0.25, -0.2) is 13.1 Å². The van der Waals surface area contributed by atoms with E-state index < -0.39 is 10.0 Å². The molecule has 2 rings (SSSR count). The van der Waals surface area contributed by atoms with E-state index in [0.717, 1.165) is 31.2 Å². The lowest BCUT2D eigenvalue weighted by Crippen LogP contribution is -2.37. The van der Waals surface area contributed by atoms with Gasteiger partial charge in [-0.1, -0.05) is 13.0 Å². The summed E-state index contributed by atoms with van der Waals surface area (Å²) in [5.74, 6) is 0.700. The van der Waals surface area contributed by atoms with Crippen molar-refractivity contribution in [3.8, 4) is 0 Å². The molecule has 0 saturated heterocycles. The second kappa shape index (κ2) is 6.56. The van der Waals surface area contributed by atoms with Crippen LogP contribution in [0.25, 0.3) is 0 Å². The summed E-state index contributed by atoms with van der Waals surface area (Å²) in [5.41, 5.74) is 6.46. The van der Waals surface area contributed by atoms with Crippen LogP contribution in [0.15, 0.2) is 27.6 Å². The summed E-state index contributed by atoms with van der Waals surface area (Å²) in [4.78, 5) is 0.285. The minimum absolute atomic E-state index is 0.0530. The largest absolute Gasteiger partial charge is 0.326 e. The number of hydrogen-bond donors (Lipinski definition) is 2. The summed E-state index contributed by atoms with van der Waals surface area (Å²) >= 11 is 3.32.